The Bertz CT molecular complexity index is 1320. The van der Waals surface area contributed by atoms with Crippen LogP contribution in [0.25, 0.3) is 0 Å². The van der Waals surface area contributed by atoms with Crippen molar-refractivity contribution < 1.29 is 8.78 Å². The molecule has 1 unspecified atom stereocenters. The fourth-order valence-electron chi connectivity index (χ4n) is 9.42. The van der Waals surface area contributed by atoms with Crippen LogP contribution in [0, 0.1) is 41.2 Å². The molecule has 0 aliphatic heterocycles. The minimum atomic E-state index is -0.144. The summed E-state index contributed by atoms with van der Waals surface area (Å²) in [5, 5.41) is 8.10. The van der Waals surface area contributed by atoms with E-state index in [1.807, 2.05) is 12.1 Å². The highest BCUT2D eigenvalue weighted by Gasteiger charge is 2.36. The SMILES string of the molecule is C=CC[C@@H]1c2ccc(F)cc2CC(C=CC[C@H]2c3ccc(F)cc3CC[C@H]2NCC2CCC(C)CC2)[C@@H]1NCC1CCC(C)CC1. The molecule has 0 saturated heterocycles. The predicted octanol–water partition coefficient (Wildman–Crippen LogP) is 10.0. The molecular weight excluding hydrogens is 570 g/mol. The molecule has 5 atom stereocenters. The van der Waals surface area contributed by atoms with Crippen LogP contribution in [0.15, 0.2) is 61.2 Å². The van der Waals surface area contributed by atoms with Crippen LogP contribution < -0.4 is 10.6 Å². The Balaban J connectivity index is 1.21. The molecule has 2 aromatic carbocycles. The first-order valence-corrected chi connectivity index (χ1v) is 18.7. The molecular formula is C42H58F2N2. The third kappa shape index (κ3) is 8.21. The molecule has 0 bridgehead atoms. The smallest absolute Gasteiger partial charge is 0.123 e. The summed E-state index contributed by atoms with van der Waals surface area (Å²) < 4.78 is 28.8. The highest BCUT2D eigenvalue weighted by Crippen LogP contribution is 2.41. The third-order valence-electron chi connectivity index (χ3n) is 12.3. The number of hydrogen-bond donors (Lipinski definition) is 2. The van der Waals surface area contributed by atoms with Crippen molar-refractivity contribution in [2.75, 3.05) is 13.1 Å². The normalized spacial score (nSPS) is 33.0. The number of halogens is 2. The van der Waals surface area contributed by atoms with E-state index in [-0.39, 0.29) is 23.5 Å². The van der Waals surface area contributed by atoms with E-state index in [0.29, 0.717) is 18.0 Å². The topological polar surface area (TPSA) is 24.1 Å². The van der Waals surface area contributed by atoms with Gasteiger partial charge in [-0.1, -0.05) is 69.9 Å². The van der Waals surface area contributed by atoms with Gasteiger partial charge >= 0.3 is 0 Å². The maximum Gasteiger partial charge on any atom is 0.123 e. The van der Waals surface area contributed by atoms with Gasteiger partial charge in [0.1, 0.15) is 11.6 Å². The molecule has 46 heavy (non-hydrogen) atoms. The van der Waals surface area contributed by atoms with Crippen LogP contribution in [0.5, 0.6) is 0 Å². The van der Waals surface area contributed by atoms with Gasteiger partial charge in [-0.3, -0.25) is 0 Å². The van der Waals surface area contributed by atoms with Crippen LogP contribution in [0.4, 0.5) is 8.78 Å². The summed E-state index contributed by atoms with van der Waals surface area (Å²) in [5.74, 6) is 3.85. The molecule has 2 saturated carbocycles. The number of hydrogen-bond acceptors (Lipinski definition) is 2. The molecule has 0 radical (unpaired) electrons. The molecule has 250 valence electrons. The zero-order valence-corrected chi connectivity index (χ0v) is 28.5. The van der Waals surface area contributed by atoms with Crippen LogP contribution in [0.2, 0.25) is 0 Å². The molecule has 4 aliphatic rings. The van der Waals surface area contributed by atoms with Crippen molar-refractivity contribution in [1.82, 2.24) is 10.6 Å². The molecule has 2 aromatic rings. The van der Waals surface area contributed by atoms with Crippen molar-refractivity contribution >= 4 is 0 Å². The van der Waals surface area contributed by atoms with Gasteiger partial charge in [0.2, 0.25) is 0 Å². The van der Waals surface area contributed by atoms with E-state index >= 15 is 0 Å². The monoisotopic (exact) mass is 628 g/mol. The minimum absolute atomic E-state index is 0.126. The van der Waals surface area contributed by atoms with Crippen LogP contribution in [0.3, 0.4) is 0 Å². The van der Waals surface area contributed by atoms with Gasteiger partial charge in [-0.05, 0) is 147 Å². The fourth-order valence-corrected chi connectivity index (χ4v) is 9.42. The van der Waals surface area contributed by atoms with Gasteiger partial charge < -0.3 is 10.6 Å². The standard InChI is InChI=1S/C42H58F2N2/c1-4-6-40-38-21-19-36(44)25-34(38)23-33(42(40)46-27-31-15-11-29(3)12-16-31)7-5-8-39-37-20-18-35(43)24-32(37)17-22-41(39)45-26-30-13-9-28(2)10-14-30/h4-5,7,18-21,24-25,28-31,33,39-42,45-46H,1,6,8-17,22-23,26-27H2,2-3H3/t28?,29?,30?,31?,33?,39-,40+,41+,42-/m0/s1. The van der Waals surface area contributed by atoms with Crippen LogP contribution >= 0.6 is 0 Å². The van der Waals surface area contributed by atoms with Gasteiger partial charge in [0.15, 0.2) is 0 Å². The van der Waals surface area contributed by atoms with E-state index in [1.54, 1.807) is 24.3 Å². The van der Waals surface area contributed by atoms with Gasteiger partial charge in [0, 0.05) is 23.9 Å². The Hall–Kier alpha value is -2.30. The van der Waals surface area contributed by atoms with Gasteiger partial charge in [0.25, 0.3) is 0 Å². The van der Waals surface area contributed by atoms with Gasteiger partial charge in [-0.15, -0.1) is 6.58 Å². The average molecular weight is 629 g/mol. The predicted molar refractivity (Wildman–Crippen MR) is 188 cm³/mol. The first-order valence-electron chi connectivity index (χ1n) is 18.7. The lowest BCUT2D eigenvalue weighted by Gasteiger charge is -2.40. The number of allylic oxidation sites excluding steroid dienone is 2. The molecule has 0 spiro atoms. The van der Waals surface area contributed by atoms with Crippen LogP contribution in [-0.4, -0.2) is 25.2 Å². The van der Waals surface area contributed by atoms with E-state index in [4.69, 9.17) is 0 Å². The third-order valence-corrected chi connectivity index (χ3v) is 12.3. The average Bonchev–Trinajstić information content (AvgIpc) is 3.05. The Labute approximate surface area is 277 Å². The summed E-state index contributed by atoms with van der Waals surface area (Å²) in [7, 11) is 0. The van der Waals surface area contributed by atoms with E-state index in [9.17, 15) is 8.78 Å². The van der Waals surface area contributed by atoms with E-state index in [0.717, 1.165) is 74.4 Å². The molecule has 6 rings (SSSR count). The van der Waals surface area contributed by atoms with Crippen molar-refractivity contribution in [1.29, 1.82) is 0 Å². The highest BCUT2D eigenvalue weighted by atomic mass is 19.1. The summed E-state index contributed by atoms with van der Waals surface area (Å²) in [6.45, 7) is 11.0. The zero-order chi connectivity index (χ0) is 32.0. The fraction of sp³-hybridized carbons (Fsp3) is 0.619. The molecule has 4 heteroatoms. The molecule has 2 N–H and O–H groups in total. The maximum atomic E-state index is 14.5. The van der Waals surface area contributed by atoms with Gasteiger partial charge in [-0.25, -0.2) is 8.78 Å². The lowest BCUT2D eigenvalue weighted by atomic mass is 9.71. The number of rotatable bonds is 11. The molecule has 0 aromatic heterocycles. The van der Waals surface area contributed by atoms with Crippen molar-refractivity contribution in [3.63, 3.8) is 0 Å². The Morgan fingerprint density at radius 3 is 1.93 bits per heavy atom. The Morgan fingerprint density at radius 1 is 0.717 bits per heavy atom. The second-order valence-corrected chi connectivity index (χ2v) is 15.7. The highest BCUT2D eigenvalue weighted by molar-refractivity contribution is 5.38. The summed E-state index contributed by atoms with van der Waals surface area (Å²) in [6, 6.07) is 11.6. The van der Waals surface area contributed by atoms with Crippen LogP contribution in [0.1, 0.15) is 119 Å². The van der Waals surface area contributed by atoms with Gasteiger partial charge in [-0.2, -0.15) is 0 Å². The summed E-state index contributed by atoms with van der Waals surface area (Å²) in [4.78, 5) is 0. The van der Waals surface area contributed by atoms with Crippen molar-refractivity contribution in [2.24, 2.45) is 29.6 Å². The largest absolute Gasteiger partial charge is 0.313 e. The number of aryl methyl sites for hydroxylation is 1. The summed E-state index contributed by atoms with van der Waals surface area (Å²) >= 11 is 0. The maximum absolute atomic E-state index is 14.5. The van der Waals surface area contributed by atoms with E-state index in [1.165, 1.54) is 68.1 Å². The van der Waals surface area contributed by atoms with Gasteiger partial charge in [0.05, 0.1) is 0 Å². The van der Waals surface area contributed by atoms with Crippen molar-refractivity contribution in [3.8, 4) is 0 Å². The minimum Gasteiger partial charge on any atom is -0.313 e. The lowest BCUT2D eigenvalue weighted by molar-refractivity contribution is 0.248. The van der Waals surface area contributed by atoms with Crippen LogP contribution in [-0.2, 0) is 12.8 Å². The van der Waals surface area contributed by atoms with E-state index < -0.39 is 0 Å². The second kappa shape index (κ2) is 15.7. The van der Waals surface area contributed by atoms with E-state index in [2.05, 4.69) is 49.3 Å². The number of fused-ring (bicyclic) bond motifs is 2. The number of nitrogens with one attached hydrogen (secondary N) is 2. The molecule has 4 aliphatic carbocycles. The zero-order valence-electron chi connectivity index (χ0n) is 28.5. The van der Waals surface area contributed by atoms with Crippen molar-refractivity contribution in [3.05, 3.63) is 95.1 Å². The number of benzene rings is 2. The summed E-state index contributed by atoms with van der Waals surface area (Å²) in [6.07, 6.45) is 22.2. The molecule has 2 nitrogen and oxygen atoms in total. The second-order valence-electron chi connectivity index (χ2n) is 15.7. The molecule has 2 fully saturated rings. The molecule has 0 heterocycles. The van der Waals surface area contributed by atoms with Crippen molar-refractivity contribution in [2.45, 2.75) is 121 Å². The first kappa shape index (κ1) is 33.6. The quantitative estimate of drug-likeness (QED) is 0.242. The Morgan fingerprint density at radius 2 is 1.30 bits per heavy atom. The molecule has 0 amide bonds. The Kier molecular flexibility index (Phi) is 11.5. The first-order chi connectivity index (χ1) is 22.4. The lowest BCUT2D eigenvalue weighted by Crippen LogP contribution is -2.46. The summed E-state index contributed by atoms with van der Waals surface area (Å²) in [5.41, 5.74) is 4.92.